The molecular weight excluding hydrogens is 118 g/mol. The summed E-state index contributed by atoms with van der Waals surface area (Å²) >= 11 is 0. The molecule has 1 fully saturated rings. The molecule has 1 saturated heterocycles. The summed E-state index contributed by atoms with van der Waals surface area (Å²) in [5.41, 5.74) is -0.184. The summed E-state index contributed by atoms with van der Waals surface area (Å²) in [5, 5.41) is 3.93. The summed E-state index contributed by atoms with van der Waals surface area (Å²) in [6.45, 7) is 2.72. The monoisotopic (exact) mass is 125 g/mol. The number of hydrogen-bond donors (Lipinski definition) is 0. The first kappa shape index (κ1) is 4.93. The Hall–Kier alpha value is -0.900. The molecule has 1 unspecified atom stereocenters. The summed E-state index contributed by atoms with van der Waals surface area (Å²) in [5.74, 6) is 0. The fourth-order valence-corrected chi connectivity index (χ4v) is 0.689. The molecule has 0 saturated carbocycles. The van der Waals surface area contributed by atoms with Crippen LogP contribution in [0.3, 0.4) is 0 Å². The SMILES string of the molecule is CC1(n2cncn2)CO1. The number of ether oxygens (including phenoxy) is 1. The summed E-state index contributed by atoms with van der Waals surface area (Å²) in [7, 11) is 0. The molecule has 4 nitrogen and oxygen atoms in total. The lowest BCUT2D eigenvalue weighted by atomic mass is 10.4. The van der Waals surface area contributed by atoms with Gasteiger partial charge in [0.25, 0.3) is 0 Å². The summed E-state index contributed by atoms with van der Waals surface area (Å²) in [6, 6.07) is 0. The number of rotatable bonds is 1. The van der Waals surface area contributed by atoms with Crippen molar-refractivity contribution in [2.45, 2.75) is 12.6 Å². The third-order valence-electron chi connectivity index (χ3n) is 1.47. The largest absolute Gasteiger partial charge is 0.346 e. The molecule has 1 aromatic heterocycles. The van der Waals surface area contributed by atoms with Gasteiger partial charge in [0, 0.05) is 0 Å². The van der Waals surface area contributed by atoms with Crippen molar-refractivity contribution >= 4 is 0 Å². The first-order chi connectivity index (χ1) is 4.31. The first-order valence-electron chi connectivity index (χ1n) is 2.80. The van der Waals surface area contributed by atoms with Crippen molar-refractivity contribution < 1.29 is 4.74 Å². The second kappa shape index (κ2) is 1.33. The number of aromatic nitrogens is 3. The van der Waals surface area contributed by atoms with Crippen molar-refractivity contribution in [2.75, 3.05) is 6.61 Å². The third kappa shape index (κ3) is 0.632. The lowest BCUT2D eigenvalue weighted by Crippen LogP contribution is -2.14. The smallest absolute Gasteiger partial charge is 0.183 e. The van der Waals surface area contributed by atoms with Gasteiger partial charge in [-0.2, -0.15) is 5.10 Å². The highest BCUT2D eigenvalue weighted by molar-refractivity contribution is 4.81. The highest BCUT2D eigenvalue weighted by Gasteiger charge is 2.42. The quantitative estimate of drug-likeness (QED) is 0.495. The Kier molecular flexibility index (Phi) is 0.728. The van der Waals surface area contributed by atoms with Gasteiger partial charge in [-0.1, -0.05) is 0 Å². The molecule has 0 amide bonds. The van der Waals surface area contributed by atoms with Gasteiger partial charge in [-0.05, 0) is 6.92 Å². The highest BCUT2D eigenvalue weighted by atomic mass is 16.6. The minimum atomic E-state index is -0.184. The number of epoxide rings is 1. The van der Waals surface area contributed by atoms with E-state index in [2.05, 4.69) is 10.1 Å². The topological polar surface area (TPSA) is 43.2 Å². The van der Waals surface area contributed by atoms with Crippen molar-refractivity contribution in [3.8, 4) is 0 Å². The van der Waals surface area contributed by atoms with E-state index in [-0.39, 0.29) is 5.72 Å². The van der Waals surface area contributed by atoms with Crippen molar-refractivity contribution in [1.82, 2.24) is 14.8 Å². The maximum absolute atomic E-state index is 5.10. The van der Waals surface area contributed by atoms with Gasteiger partial charge in [0.2, 0.25) is 0 Å². The van der Waals surface area contributed by atoms with E-state index >= 15 is 0 Å². The van der Waals surface area contributed by atoms with Crippen LogP contribution in [-0.4, -0.2) is 21.4 Å². The molecule has 0 bridgehead atoms. The molecule has 0 radical (unpaired) electrons. The van der Waals surface area contributed by atoms with E-state index in [0.717, 1.165) is 6.61 Å². The van der Waals surface area contributed by atoms with E-state index in [4.69, 9.17) is 4.74 Å². The molecule has 1 atom stereocenters. The zero-order chi connectivity index (χ0) is 6.32. The lowest BCUT2D eigenvalue weighted by Gasteiger charge is -2.01. The van der Waals surface area contributed by atoms with Crippen molar-refractivity contribution in [1.29, 1.82) is 0 Å². The average molecular weight is 125 g/mol. The molecule has 4 heteroatoms. The standard InChI is InChI=1S/C5H7N3O/c1-5(2-9-5)8-4-6-3-7-8/h3-4H,2H2,1H3. The molecule has 2 heterocycles. The molecular formula is C5H7N3O. The van der Waals surface area contributed by atoms with Crippen LogP contribution in [-0.2, 0) is 10.5 Å². The molecule has 0 N–H and O–H groups in total. The Balaban J connectivity index is 2.34. The fourth-order valence-electron chi connectivity index (χ4n) is 0.689. The molecule has 0 aliphatic carbocycles. The van der Waals surface area contributed by atoms with Crippen LogP contribution >= 0.6 is 0 Å². The Morgan fingerprint density at radius 1 is 1.78 bits per heavy atom. The molecule has 0 spiro atoms. The van der Waals surface area contributed by atoms with Gasteiger partial charge in [-0.15, -0.1) is 0 Å². The molecule has 48 valence electrons. The van der Waals surface area contributed by atoms with Gasteiger partial charge in [-0.3, -0.25) is 0 Å². The molecule has 2 rings (SSSR count). The Bertz CT molecular complexity index is 202. The Morgan fingerprint density at radius 2 is 2.56 bits per heavy atom. The minimum absolute atomic E-state index is 0.184. The van der Waals surface area contributed by atoms with Crippen LogP contribution in [0.15, 0.2) is 12.7 Å². The predicted molar refractivity (Wildman–Crippen MR) is 29.6 cm³/mol. The number of nitrogens with zero attached hydrogens (tertiary/aromatic N) is 3. The van der Waals surface area contributed by atoms with Gasteiger partial charge in [0.1, 0.15) is 12.7 Å². The van der Waals surface area contributed by atoms with Crippen LogP contribution in [0.5, 0.6) is 0 Å². The summed E-state index contributed by atoms with van der Waals surface area (Å²) in [4.78, 5) is 3.80. The summed E-state index contributed by atoms with van der Waals surface area (Å²) in [6.07, 6.45) is 3.17. The van der Waals surface area contributed by atoms with Crippen LogP contribution in [0.1, 0.15) is 6.92 Å². The van der Waals surface area contributed by atoms with Gasteiger partial charge < -0.3 is 4.74 Å². The first-order valence-corrected chi connectivity index (χ1v) is 2.80. The van der Waals surface area contributed by atoms with E-state index in [1.807, 2.05) is 6.92 Å². The van der Waals surface area contributed by atoms with Crippen LogP contribution in [0.2, 0.25) is 0 Å². The molecule has 0 aromatic carbocycles. The summed E-state index contributed by atoms with van der Waals surface area (Å²) < 4.78 is 6.82. The maximum atomic E-state index is 5.10. The van der Waals surface area contributed by atoms with Crippen molar-refractivity contribution in [3.63, 3.8) is 0 Å². The lowest BCUT2D eigenvalue weighted by molar-refractivity contribution is 0.227. The average Bonchev–Trinajstić information content (AvgIpc) is 2.46. The number of hydrogen-bond acceptors (Lipinski definition) is 3. The van der Waals surface area contributed by atoms with Crippen molar-refractivity contribution in [3.05, 3.63) is 12.7 Å². The molecule has 9 heavy (non-hydrogen) atoms. The van der Waals surface area contributed by atoms with Crippen LogP contribution in [0.4, 0.5) is 0 Å². The second-order valence-electron chi connectivity index (χ2n) is 2.30. The van der Waals surface area contributed by atoms with Crippen LogP contribution in [0, 0.1) is 0 Å². The normalized spacial score (nSPS) is 32.6. The van der Waals surface area contributed by atoms with E-state index < -0.39 is 0 Å². The van der Waals surface area contributed by atoms with Crippen molar-refractivity contribution in [2.24, 2.45) is 0 Å². The molecule has 1 aromatic rings. The van der Waals surface area contributed by atoms with Crippen LogP contribution in [0.25, 0.3) is 0 Å². The fraction of sp³-hybridized carbons (Fsp3) is 0.600. The van der Waals surface area contributed by atoms with E-state index in [1.165, 1.54) is 6.33 Å². The van der Waals surface area contributed by atoms with Gasteiger partial charge in [-0.25, -0.2) is 9.67 Å². The van der Waals surface area contributed by atoms with Crippen LogP contribution < -0.4 is 0 Å². The highest BCUT2D eigenvalue weighted by Crippen LogP contribution is 2.29. The van der Waals surface area contributed by atoms with Gasteiger partial charge in [0.15, 0.2) is 5.72 Å². The van der Waals surface area contributed by atoms with E-state index in [0.29, 0.717) is 0 Å². The van der Waals surface area contributed by atoms with E-state index in [9.17, 15) is 0 Å². The van der Waals surface area contributed by atoms with E-state index in [1.54, 1.807) is 11.0 Å². The van der Waals surface area contributed by atoms with Gasteiger partial charge >= 0.3 is 0 Å². The molecule has 1 aliphatic rings. The predicted octanol–water partition coefficient (Wildman–Crippen LogP) is -0.0190. The second-order valence-corrected chi connectivity index (χ2v) is 2.30. The maximum Gasteiger partial charge on any atom is 0.183 e. The minimum Gasteiger partial charge on any atom is -0.346 e. The van der Waals surface area contributed by atoms with Gasteiger partial charge in [0.05, 0.1) is 6.61 Å². The Labute approximate surface area is 52.5 Å². The zero-order valence-corrected chi connectivity index (χ0v) is 5.11. The molecule has 1 aliphatic heterocycles. The zero-order valence-electron chi connectivity index (χ0n) is 5.11. The Morgan fingerprint density at radius 3 is 3.00 bits per heavy atom. The third-order valence-corrected chi connectivity index (χ3v) is 1.47.